The van der Waals surface area contributed by atoms with E-state index in [1.807, 2.05) is 29.6 Å². The number of aromatic amines is 1. The Balaban J connectivity index is 2.15. The number of benzene rings is 1. The average molecular weight is 309 g/mol. The van der Waals surface area contributed by atoms with Gasteiger partial charge >= 0.3 is 0 Å². The fourth-order valence-corrected chi connectivity index (χ4v) is 3.20. The Morgan fingerprint density at radius 2 is 2.21 bits per heavy atom. The van der Waals surface area contributed by atoms with Gasteiger partial charge < -0.3 is 4.98 Å². The minimum Gasteiger partial charge on any atom is -0.331 e. The number of hydrogen-bond donors (Lipinski definition) is 1. The summed E-state index contributed by atoms with van der Waals surface area (Å²) in [5.74, 6) is 0. The summed E-state index contributed by atoms with van der Waals surface area (Å²) in [6.45, 7) is 0.419. The third-order valence-electron chi connectivity index (χ3n) is 2.82. The monoisotopic (exact) mass is 308 g/mol. The second kappa shape index (κ2) is 4.92. The second-order valence-corrected chi connectivity index (χ2v) is 5.85. The topological polar surface area (TPSA) is 37.8 Å². The summed E-state index contributed by atoms with van der Waals surface area (Å²) in [7, 11) is 0. The maximum Gasteiger partial charge on any atom is 0.272 e. The predicted octanol–water partition coefficient (Wildman–Crippen LogP) is 3.82. The molecule has 0 aliphatic rings. The van der Waals surface area contributed by atoms with Crippen LogP contribution in [0.3, 0.4) is 0 Å². The van der Waals surface area contributed by atoms with Gasteiger partial charge in [0.05, 0.1) is 12.1 Å². The molecule has 1 aromatic carbocycles. The molecule has 3 rings (SSSR count). The molecule has 0 saturated heterocycles. The number of nitrogens with zero attached hydrogens (tertiary/aromatic N) is 1. The van der Waals surface area contributed by atoms with Crippen molar-refractivity contribution >= 4 is 45.4 Å². The van der Waals surface area contributed by atoms with Crippen LogP contribution in [0, 0.1) is 4.77 Å². The maximum absolute atomic E-state index is 12.4. The number of halogens is 1. The highest BCUT2D eigenvalue weighted by atomic mass is 35.5. The normalized spacial score (nSPS) is 11.0. The Morgan fingerprint density at radius 1 is 1.37 bits per heavy atom. The number of thiophene rings is 1. The largest absolute Gasteiger partial charge is 0.331 e. The van der Waals surface area contributed by atoms with Gasteiger partial charge in [0, 0.05) is 5.02 Å². The Labute approximate surface area is 123 Å². The van der Waals surface area contributed by atoms with Crippen LogP contribution < -0.4 is 5.56 Å². The van der Waals surface area contributed by atoms with Crippen LogP contribution in [0.15, 0.2) is 40.5 Å². The van der Waals surface area contributed by atoms with Crippen molar-refractivity contribution in [2.45, 2.75) is 6.54 Å². The number of aromatic nitrogens is 2. The van der Waals surface area contributed by atoms with Gasteiger partial charge in [0.25, 0.3) is 5.56 Å². The summed E-state index contributed by atoms with van der Waals surface area (Å²) < 4.78 is 2.67. The summed E-state index contributed by atoms with van der Waals surface area (Å²) in [5.41, 5.74) is 1.68. The van der Waals surface area contributed by atoms with E-state index in [9.17, 15) is 4.79 Å². The van der Waals surface area contributed by atoms with E-state index >= 15 is 0 Å². The van der Waals surface area contributed by atoms with Gasteiger partial charge in [0.2, 0.25) is 0 Å². The molecule has 0 unspecified atom stereocenters. The predicted molar refractivity (Wildman–Crippen MR) is 81.8 cm³/mol. The zero-order chi connectivity index (χ0) is 13.4. The first-order valence-corrected chi connectivity index (χ1v) is 7.26. The van der Waals surface area contributed by atoms with Gasteiger partial charge in [0.15, 0.2) is 4.77 Å². The summed E-state index contributed by atoms with van der Waals surface area (Å²) in [5, 5.41) is 2.53. The Morgan fingerprint density at radius 3 is 3.00 bits per heavy atom. The lowest BCUT2D eigenvalue weighted by Gasteiger charge is -2.06. The second-order valence-electron chi connectivity index (χ2n) is 4.11. The molecule has 0 aliphatic heterocycles. The molecule has 0 fully saturated rings. The zero-order valence-electron chi connectivity index (χ0n) is 9.72. The van der Waals surface area contributed by atoms with E-state index in [1.54, 1.807) is 10.6 Å². The van der Waals surface area contributed by atoms with E-state index in [4.69, 9.17) is 23.8 Å². The first kappa shape index (κ1) is 12.6. The maximum atomic E-state index is 12.4. The molecule has 19 heavy (non-hydrogen) atoms. The van der Waals surface area contributed by atoms with Crippen LogP contribution in [-0.2, 0) is 6.54 Å². The highest BCUT2D eigenvalue weighted by molar-refractivity contribution is 7.71. The quantitative estimate of drug-likeness (QED) is 0.731. The fraction of sp³-hybridized carbons (Fsp3) is 0.0769. The van der Waals surface area contributed by atoms with Crippen LogP contribution in [0.4, 0.5) is 0 Å². The van der Waals surface area contributed by atoms with E-state index in [0.717, 1.165) is 11.1 Å². The van der Waals surface area contributed by atoms with Gasteiger partial charge in [-0.05, 0) is 41.4 Å². The molecule has 96 valence electrons. The van der Waals surface area contributed by atoms with Crippen LogP contribution in [0.1, 0.15) is 5.56 Å². The van der Waals surface area contributed by atoms with Crippen molar-refractivity contribution in [2.75, 3.05) is 0 Å². The fourth-order valence-electron chi connectivity index (χ4n) is 1.93. The highest BCUT2D eigenvalue weighted by Crippen LogP contribution is 2.15. The van der Waals surface area contributed by atoms with Crippen molar-refractivity contribution in [3.63, 3.8) is 0 Å². The van der Waals surface area contributed by atoms with Crippen molar-refractivity contribution in [3.05, 3.63) is 61.4 Å². The molecule has 3 nitrogen and oxygen atoms in total. The van der Waals surface area contributed by atoms with E-state index < -0.39 is 0 Å². The van der Waals surface area contributed by atoms with Gasteiger partial charge in [-0.2, -0.15) is 0 Å². The molecular weight excluding hydrogens is 300 g/mol. The third-order valence-corrected chi connectivity index (χ3v) is 4.28. The molecule has 1 N–H and O–H groups in total. The van der Waals surface area contributed by atoms with Crippen molar-refractivity contribution in [2.24, 2.45) is 0 Å². The first-order chi connectivity index (χ1) is 9.15. The number of hydrogen-bond acceptors (Lipinski definition) is 3. The van der Waals surface area contributed by atoms with Crippen LogP contribution >= 0.6 is 35.2 Å². The molecule has 2 aromatic heterocycles. The van der Waals surface area contributed by atoms with Gasteiger partial charge in [-0.25, -0.2) is 0 Å². The molecule has 0 aliphatic carbocycles. The molecule has 3 aromatic rings. The SMILES string of the molecule is O=c1c2sccc2[nH]c(=S)n1Cc1cccc(Cl)c1. The average Bonchev–Trinajstić information content (AvgIpc) is 2.83. The molecule has 0 radical (unpaired) electrons. The lowest BCUT2D eigenvalue weighted by molar-refractivity contribution is 0.736. The summed E-state index contributed by atoms with van der Waals surface area (Å²) in [6.07, 6.45) is 0. The minimum atomic E-state index is -0.0614. The number of nitrogens with one attached hydrogen (secondary N) is 1. The Bertz CT molecular complexity index is 863. The molecule has 0 atom stereocenters. The van der Waals surface area contributed by atoms with E-state index in [2.05, 4.69) is 4.98 Å². The van der Waals surface area contributed by atoms with Gasteiger partial charge in [-0.1, -0.05) is 23.7 Å². The molecule has 0 bridgehead atoms. The van der Waals surface area contributed by atoms with E-state index in [0.29, 0.717) is 21.0 Å². The molecule has 6 heteroatoms. The van der Waals surface area contributed by atoms with Gasteiger partial charge in [0.1, 0.15) is 4.70 Å². The van der Waals surface area contributed by atoms with Crippen molar-refractivity contribution < 1.29 is 0 Å². The van der Waals surface area contributed by atoms with E-state index in [1.165, 1.54) is 11.3 Å². The van der Waals surface area contributed by atoms with Gasteiger partial charge in [-0.15, -0.1) is 11.3 Å². The molecule has 0 amide bonds. The lowest BCUT2D eigenvalue weighted by Crippen LogP contribution is -2.21. The molecule has 0 saturated carbocycles. The highest BCUT2D eigenvalue weighted by Gasteiger charge is 2.07. The minimum absolute atomic E-state index is 0.0614. The van der Waals surface area contributed by atoms with Crippen molar-refractivity contribution in [1.29, 1.82) is 0 Å². The molecular formula is C13H9ClN2OS2. The first-order valence-electron chi connectivity index (χ1n) is 5.60. The van der Waals surface area contributed by atoms with Crippen molar-refractivity contribution in [1.82, 2.24) is 9.55 Å². The summed E-state index contributed by atoms with van der Waals surface area (Å²) >= 11 is 12.6. The number of H-pyrrole nitrogens is 1. The van der Waals surface area contributed by atoms with Crippen LogP contribution in [0.2, 0.25) is 5.02 Å². The number of fused-ring (bicyclic) bond motifs is 1. The van der Waals surface area contributed by atoms with Crippen LogP contribution in [0.25, 0.3) is 10.2 Å². The van der Waals surface area contributed by atoms with Gasteiger partial charge in [-0.3, -0.25) is 9.36 Å². The standard InChI is InChI=1S/C13H9ClN2OS2/c14-9-3-1-2-8(6-9)7-16-12(17)11-10(4-5-19-11)15-13(16)18/h1-6H,7H2,(H,15,18). The Kier molecular flexibility index (Phi) is 3.26. The molecule has 0 spiro atoms. The van der Waals surface area contributed by atoms with Crippen LogP contribution in [0.5, 0.6) is 0 Å². The Hall–Kier alpha value is -1.43. The van der Waals surface area contributed by atoms with Crippen LogP contribution in [-0.4, -0.2) is 9.55 Å². The number of rotatable bonds is 2. The third kappa shape index (κ3) is 2.36. The molecule has 2 heterocycles. The zero-order valence-corrected chi connectivity index (χ0v) is 12.1. The smallest absolute Gasteiger partial charge is 0.272 e. The lowest BCUT2D eigenvalue weighted by atomic mass is 10.2. The van der Waals surface area contributed by atoms with E-state index in [-0.39, 0.29) is 5.56 Å². The van der Waals surface area contributed by atoms with Crippen molar-refractivity contribution in [3.8, 4) is 0 Å². The summed E-state index contributed by atoms with van der Waals surface area (Å²) in [4.78, 5) is 15.4. The summed E-state index contributed by atoms with van der Waals surface area (Å²) in [6, 6.07) is 9.28.